The van der Waals surface area contributed by atoms with E-state index in [4.69, 9.17) is 5.26 Å². The second-order valence-corrected chi connectivity index (χ2v) is 8.06. The van der Waals surface area contributed by atoms with Crippen LogP contribution in [0.4, 0.5) is 0 Å². The van der Waals surface area contributed by atoms with E-state index in [9.17, 15) is 8.42 Å². The second-order valence-electron chi connectivity index (χ2n) is 6.32. The summed E-state index contributed by atoms with van der Waals surface area (Å²) in [5.74, 6) is 0.397. The van der Waals surface area contributed by atoms with Crippen LogP contribution in [0.25, 0.3) is 0 Å². The summed E-state index contributed by atoms with van der Waals surface area (Å²) in [6, 6.07) is 7.45. The van der Waals surface area contributed by atoms with Gasteiger partial charge >= 0.3 is 0 Å². The number of benzene rings is 1. The van der Waals surface area contributed by atoms with Gasteiger partial charge in [-0.05, 0) is 62.4 Å². The molecule has 118 valence electrons. The van der Waals surface area contributed by atoms with Gasteiger partial charge in [-0.15, -0.1) is 0 Å². The summed E-state index contributed by atoms with van der Waals surface area (Å²) >= 11 is 0. The fourth-order valence-corrected chi connectivity index (χ4v) is 4.47. The molecule has 1 atom stereocenters. The molecule has 0 aromatic heterocycles. The van der Waals surface area contributed by atoms with Crippen LogP contribution < -0.4 is 4.72 Å². The predicted molar refractivity (Wildman–Crippen MR) is 83.8 cm³/mol. The van der Waals surface area contributed by atoms with Crippen LogP contribution in [0.3, 0.4) is 0 Å². The molecule has 3 rings (SSSR count). The first-order chi connectivity index (χ1) is 10.5. The maximum Gasteiger partial charge on any atom is 0.240 e. The molecule has 1 unspecified atom stereocenters. The molecule has 1 saturated heterocycles. The Morgan fingerprint density at radius 2 is 2.14 bits per heavy atom. The van der Waals surface area contributed by atoms with Crippen molar-refractivity contribution in [2.75, 3.05) is 19.6 Å². The van der Waals surface area contributed by atoms with Crippen molar-refractivity contribution in [2.24, 2.45) is 5.92 Å². The van der Waals surface area contributed by atoms with Crippen LogP contribution in [0.2, 0.25) is 0 Å². The Hall–Kier alpha value is -1.42. The highest BCUT2D eigenvalue weighted by Gasteiger charge is 2.34. The zero-order valence-corrected chi connectivity index (χ0v) is 13.6. The lowest BCUT2D eigenvalue weighted by molar-refractivity contribution is 0.314. The number of rotatable bonds is 5. The Kier molecular flexibility index (Phi) is 4.22. The predicted octanol–water partition coefficient (Wildman–Crippen LogP) is 1.63. The SMILES string of the molecule is Cc1cc(C#N)ccc1S(=O)(=O)NCC1CCN(C2CC2)C1. The Morgan fingerprint density at radius 3 is 2.77 bits per heavy atom. The lowest BCUT2D eigenvalue weighted by atomic mass is 10.1. The molecule has 1 N–H and O–H groups in total. The van der Waals surface area contributed by atoms with Gasteiger partial charge in [0.05, 0.1) is 16.5 Å². The van der Waals surface area contributed by atoms with E-state index in [1.165, 1.54) is 18.9 Å². The van der Waals surface area contributed by atoms with Crippen LogP contribution in [-0.2, 0) is 10.0 Å². The summed E-state index contributed by atoms with van der Waals surface area (Å²) in [6.07, 6.45) is 3.65. The topological polar surface area (TPSA) is 73.2 Å². The number of nitrogens with zero attached hydrogens (tertiary/aromatic N) is 2. The first-order valence-electron chi connectivity index (χ1n) is 7.74. The standard InChI is InChI=1S/C16H21N3O2S/c1-12-8-13(9-17)2-5-16(12)22(20,21)18-10-14-6-7-19(11-14)15-3-4-15/h2,5,8,14-15,18H,3-4,6-7,10-11H2,1H3. The second kappa shape index (κ2) is 5.99. The summed E-state index contributed by atoms with van der Waals surface area (Å²) in [6.45, 7) is 4.30. The van der Waals surface area contributed by atoms with E-state index in [1.54, 1.807) is 19.1 Å². The minimum atomic E-state index is -3.50. The minimum absolute atomic E-state index is 0.267. The van der Waals surface area contributed by atoms with Crippen LogP contribution >= 0.6 is 0 Å². The van der Waals surface area contributed by atoms with Crippen LogP contribution in [-0.4, -0.2) is 39.0 Å². The number of aryl methyl sites for hydroxylation is 1. The molecular formula is C16H21N3O2S. The van der Waals surface area contributed by atoms with Gasteiger partial charge in [0.2, 0.25) is 10.0 Å². The molecule has 22 heavy (non-hydrogen) atoms. The highest BCUT2D eigenvalue weighted by molar-refractivity contribution is 7.89. The number of nitrogens with one attached hydrogen (secondary N) is 1. The summed E-state index contributed by atoms with van der Waals surface area (Å²) in [5.41, 5.74) is 1.09. The van der Waals surface area contributed by atoms with Crippen LogP contribution in [0.5, 0.6) is 0 Å². The number of nitriles is 1. The van der Waals surface area contributed by atoms with Crippen molar-refractivity contribution in [3.8, 4) is 6.07 Å². The number of sulfonamides is 1. The van der Waals surface area contributed by atoms with E-state index in [0.29, 0.717) is 23.6 Å². The van der Waals surface area contributed by atoms with Gasteiger partial charge in [-0.1, -0.05) is 0 Å². The maximum atomic E-state index is 12.4. The van der Waals surface area contributed by atoms with Gasteiger partial charge in [0.25, 0.3) is 0 Å². The molecule has 0 radical (unpaired) electrons. The zero-order chi connectivity index (χ0) is 15.7. The highest BCUT2D eigenvalue weighted by Crippen LogP contribution is 2.31. The molecular weight excluding hydrogens is 298 g/mol. The van der Waals surface area contributed by atoms with Gasteiger partial charge in [0.15, 0.2) is 0 Å². The summed E-state index contributed by atoms with van der Waals surface area (Å²) in [5, 5.41) is 8.86. The van der Waals surface area contributed by atoms with E-state index in [-0.39, 0.29) is 4.90 Å². The van der Waals surface area contributed by atoms with Crippen molar-refractivity contribution >= 4 is 10.0 Å². The van der Waals surface area contributed by atoms with Gasteiger partial charge in [-0.3, -0.25) is 0 Å². The van der Waals surface area contributed by atoms with Gasteiger partial charge < -0.3 is 4.90 Å². The van der Waals surface area contributed by atoms with E-state index >= 15 is 0 Å². The zero-order valence-electron chi connectivity index (χ0n) is 12.7. The van der Waals surface area contributed by atoms with E-state index in [1.807, 2.05) is 6.07 Å². The molecule has 1 aliphatic heterocycles. The van der Waals surface area contributed by atoms with Crippen LogP contribution in [0, 0.1) is 24.2 Å². The largest absolute Gasteiger partial charge is 0.300 e. The third kappa shape index (κ3) is 3.32. The van der Waals surface area contributed by atoms with Crippen molar-refractivity contribution in [2.45, 2.75) is 37.1 Å². The number of likely N-dealkylation sites (tertiary alicyclic amines) is 1. The molecule has 0 bridgehead atoms. The Labute approximate surface area is 132 Å². The fourth-order valence-electron chi connectivity index (χ4n) is 3.13. The molecule has 5 nitrogen and oxygen atoms in total. The average Bonchev–Trinajstić information content (AvgIpc) is 3.23. The van der Waals surface area contributed by atoms with Crippen molar-refractivity contribution in [1.29, 1.82) is 5.26 Å². The quantitative estimate of drug-likeness (QED) is 0.895. The summed E-state index contributed by atoms with van der Waals surface area (Å²) in [4.78, 5) is 2.75. The highest BCUT2D eigenvalue weighted by atomic mass is 32.2. The molecule has 2 aliphatic rings. The summed E-state index contributed by atoms with van der Waals surface area (Å²) in [7, 11) is -3.50. The molecule has 2 fully saturated rings. The van der Waals surface area contributed by atoms with Crippen molar-refractivity contribution in [1.82, 2.24) is 9.62 Å². The number of hydrogen-bond donors (Lipinski definition) is 1. The molecule has 1 heterocycles. The third-order valence-corrected chi connectivity index (χ3v) is 6.12. The molecule has 1 aromatic rings. The summed E-state index contributed by atoms with van der Waals surface area (Å²) < 4.78 is 27.6. The van der Waals surface area contributed by atoms with Gasteiger partial charge in [-0.25, -0.2) is 13.1 Å². The van der Waals surface area contributed by atoms with E-state index < -0.39 is 10.0 Å². The Bertz CT molecular complexity index is 705. The molecule has 0 spiro atoms. The normalized spacial score (nSPS) is 22.6. The maximum absolute atomic E-state index is 12.4. The molecule has 0 amide bonds. The molecule has 1 saturated carbocycles. The lowest BCUT2D eigenvalue weighted by Gasteiger charge is -2.15. The minimum Gasteiger partial charge on any atom is -0.300 e. The van der Waals surface area contributed by atoms with Crippen molar-refractivity contribution in [3.05, 3.63) is 29.3 Å². The van der Waals surface area contributed by atoms with Gasteiger partial charge in [0, 0.05) is 19.1 Å². The molecule has 1 aliphatic carbocycles. The molecule has 6 heteroatoms. The van der Waals surface area contributed by atoms with E-state index in [2.05, 4.69) is 9.62 Å². The van der Waals surface area contributed by atoms with Gasteiger partial charge in [0.1, 0.15) is 0 Å². The van der Waals surface area contributed by atoms with Crippen LogP contribution in [0.1, 0.15) is 30.4 Å². The smallest absolute Gasteiger partial charge is 0.240 e. The van der Waals surface area contributed by atoms with E-state index in [0.717, 1.165) is 25.6 Å². The monoisotopic (exact) mass is 319 g/mol. The van der Waals surface area contributed by atoms with Crippen molar-refractivity contribution < 1.29 is 8.42 Å². The van der Waals surface area contributed by atoms with Crippen molar-refractivity contribution in [3.63, 3.8) is 0 Å². The molecule has 1 aromatic carbocycles. The fraction of sp³-hybridized carbons (Fsp3) is 0.562. The third-order valence-electron chi connectivity index (χ3n) is 4.54. The lowest BCUT2D eigenvalue weighted by Crippen LogP contribution is -2.31. The Morgan fingerprint density at radius 1 is 1.36 bits per heavy atom. The average molecular weight is 319 g/mol. The van der Waals surface area contributed by atoms with Crippen LogP contribution in [0.15, 0.2) is 23.1 Å². The first kappa shape index (κ1) is 15.5. The first-order valence-corrected chi connectivity index (χ1v) is 9.22. The number of hydrogen-bond acceptors (Lipinski definition) is 4. The van der Waals surface area contributed by atoms with Gasteiger partial charge in [-0.2, -0.15) is 5.26 Å². The Balaban J connectivity index is 1.62.